The number of methoxy groups -OCH3 is 2. The Morgan fingerprint density at radius 3 is 2.39 bits per heavy atom. The summed E-state index contributed by atoms with van der Waals surface area (Å²) in [5.74, 6) is 1.15. The Kier molecular flexibility index (Phi) is 4.04. The van der Waals surface area contributed by atoms with Crippen LogP contribution in [-0.4, -0.2) is 44.9 Å². The van der Waals surface area contributed by atoms with E-state index in [-0.39, 0.29) is 5.91 Å². The van der Waals surface area contributed by atoms with Crippen LogP contribution in [0.1, 0.15) is 16.8 Å². The van der Waals surface area contributed by atoms with Gasteiger partial charge in [0.2, 0.25) is 0 Å². The van der Waals surface area contributed by atoms with Crippen LogP contribution in [0.2, 0.25) is 0 Å². The highest BCUT2D eigenvalue weighted by atomic mass is 16.5. The van der Waals surface area contributed by atoms with Crippen LogP contribution in [0.5, 0.6) is 11.5 Å². The molecular weight excluding hydrogens is 234 g/mol. The summed E-state index contributed by atoms with van der Waals surface area (Å²) in [4.78, 5) is 13.9. The molecule has 1 aromatic rings. The number of benzene rings is 1. The van der Waals surface area contributed by atoms with Crippen LogP contribution in [-0.2, 0) is 4.74 Å². The van der Waals surface area contributed by atoms with Crippen molar-refractivity contribution in [2.75, 3.05) is 34.1 Å². The minimum atomic E-state index is -0.0631. The van der Waals surface area contributed by atoms with Crippen LogP contribution < -0.4 is 9.47 Å². The van der Waals surface area contributed by atoms with Gasteiger partial charge in [0.05, 0.1) is 20.8 Å². The Morgan fingerprint density at radius 1 is 1.22 bits per heavy atom. The van der Waals surface area contributed by atoms with Crippen molar-refractivity contribution < 1.29 is 19.0 Å². The summed E-state index contributed by atoms with van der Waals surface area (Å²) in [7, 11) is 3.13. The zero-order chi connectivity index (χ0) is 13.0. The van der Waals surface area contributed by atoms with Gasteiger partial charge in [-0.05, 0) is 18.6 Å². The van der Waals surface area contributed by atoms with Gasteiger partial charge >= 0.3 is 0 Å². The third-order valence-electron chi connectivity index (χ3n) is 2.85. The van der Waals surface area contributed by atoms with Gasteiger partial charge in [-0.25, -0.2) is 0 Å². The second-order valence-electron chi connectivity index (χ2n) is 4.06. The summed E-state index contributed by atoms with van der Waals surface area (Å²) in [6.45, 7) is 1.78. The van der Waals surface area contributed by atoms with Crippen LogP contribution in [0.25, 0.3) is 0 Å². The van der Waals surface area contributed by atoms with Crippen molar-refractivity contribution in [3.05, 3.63) is 23.8 Å². The second kappa shape index (κ2) is 5.73. The van der Waals surface area contributed by atoms with Crippen LogP contribution >= 0.6 is 0 Å². The lowest BCUT2D eigenvalue weighted by Crippen LogP contribution is -2.38. The third kappa shape index (κ3) is 2.73. The molecular formula is C13H17NO4. The van der Waals surface area contributed by atoms with E-state index in [0.717, 1.165) is 13.0 Å². The van der Waals surface area contributed by atoms with E-state index in [9.17, 15) is 4.79 Å². The summed E-state index contributed by atoms with van der Waals surface area (Å²) in [6, 6.07) is 5.16. The molecule has 0 radical (unpaired) electrons. The van der Waals surface area contributed by atoms with E-state index in [1.54, 1.807) is 37.3 Å². The third-order valence-corrected chi connectivity index (χ3v) is 2.85. The molecule has 1 fully saturated rings. The number of carbonyl (C=O) groups is 1. The van der Waals surface area contributed by atoms with Gasteiger partial charge < -0.3 is 19.1 Å². The number of amides is 1. The highest BCUT2D eigenvalue weighted by molar-refractivity contribution is 5.95. The van der Waals surface area contributed by atoms with Gasteiger partial charge in [0.1, 0.15) is 18.2 Å². The molecule has 0 bridgehead atoms. The molecule has 5 nitrogen and oxygen atoms in total. The first-order valence-corrected chi connectivity index (χ1v) is 5.84. The predicted molar refractivity (Wildman–Crippen MR) is 66.0 cm³/mol. The van der Waals surface area contributed by atoms with Gasteiger partial charge in [0.15, 0.2) is 0 Å². The number of hydrogen-bond acceptors (Lipinski definition) is 4. The first-order valence-electron chi connectivity index (χ1n) is 5.84. The van der Waals surface area contributed by atoms with Crippen molar-refractivity contribution in [1.29, 1.82) is 0 Å². The van der Waals surface area contributed by atoms with Gasteiger partial charge in [-0.2, -0.15) is 0 Å². The van der Waals surface area contributed by atoms with Gasteiger partial charge in [-0.3, -0.25) is 4.79 Å². The molecule has 0 aromatic heterocycles. The van der Waals surface area contributed by atoms with E-state index in [2.05, 4.69) is 0 Å². The second-order valence-corrected chi connectivity index (χ2v) is 4.06. The van der Waals surface area contributed by atoms with E-state index in [1.807, 2.05) is 0 Å². The molecule has 0 atom stereocenters. The number of ether oxygens (including phenoxy) is 3. The highest BCUT2D eigenvalue weighted by Crippen LogP contribution is 2.23. The van der Waals surface area contributed by atoms with Crippen molar-refractivity contribution in [1.82, 2.24) is 4.90 Å². The molecule has 0 N–H and O–H groups in total. The molecule has 2 rings (SSSR count). The van der Waals surface area contributed by atoms with Gasteiger partial charge in [0, 0.05) is 18.2 Å². The lowest BCUT2D eigenvalue weighted by Gasteiger charge is -2.26. The zero-order valence-corrected chi connectivity index (χ0v) is 10.6. The molecule has 1 aromatic carbocycles. The smallest absolute Gasteiger partial charge is 0.255 e. The van der Waals surface area contributed by atoms with Crippen molar-refractivity contribution in [2.45, 2.75) is 6.42 Å². The standard InChI is InChI=1S/C13H17NO4/c1-16-11-6-10(7-12(8-11)17-2)13(15)14-4-3-5-18-9-14/h6-8H,3-5,9H2,1-2H3. The molecule has 0 aliphatic carbocycles. The number of carbonyl (C=O) groups excluding carboxylic acids is 1. The first-order chi connectivity index (χ1) is 8.74. The minimum Gasteiger partial charge on any atom is -0.497 e. The van der Waals surface area contributed by atoms with E-state index in [4.69, 9.17) is 14.2 Å². The lowest BCUT2D eigenvalue weighted by molar-refractivity contribution is -0.00574. The highest BCUT2D eigenvalue weighted by Gasteiger charge is 2.19. The quantitative estimate of drug-likeness (QED) is 0.817. The van der Waals surface area contributed by atoms with Crippen LogP contribution in [0, 0.1) is 0 Å². The summed E-state index contributed by atoms with van der Waals surface area (Å²) in [5, 5.41) is 0. The maximum atomic E-state index is 12.3. The van der Waals surface area contributed by atoms with Crippen LogP contribution in [0.4, 0.5) is 0 Å². The molecule has 98 valence electrons. The summed E-state index contributed by atoms with van der Waals surface area (Å²) in [6.07, 6.45) is 0.868. The zero-order valence-electron chi connectivity index (χ0n) is 10.6. The van der Waals surface area contributed by atoms with E-state index < -0.39 is 0 Å². The van der Waals surface area contributed by atoms with Crippen molar-refractivity contribution in [3.8, 4) is 11.5 Å². The normalized spacial score (nSPS) is 15.3. The summed E-state index contributed by atoms with van der Waals surface area (Å²) in [5.41, 5.74) is 0.553. The molecule has 1 aliphatic heterocycles. The predicted octanol–water partition coefficient (Wildman–Crippen LogP) is 1.52. The topological polar surface area (TPSA) is 48.0 Å². The Bertz CT molecular complexity index is 405. The SMILES string of the molecule is COc1cc(OC)cc(C(=O)N2CCCOC2)c1. The molecule has 18 heavy (non-hydrogen) atoms. The Morgan fingerprint density at radius 2 is 1.89 bits per heavy atom. The molecule has 5 heteroatoms. The van der Waals surface area contributed by atoms with Gasteiger partial charge in [-0.1, -0.05) is 0 Å². The van der Waals surface area contributed by atoms with Crippen LogP contribution in [0.15, 0.2) is 18.2 Å². The number of hydrogen-bond donors (Lipinski definition) is 0. The molecule has 0 unspecified atom stereocenters. The monoisotopic (exact) mass is 251 g/mol. The molecule has 0 saturated carbocycles. The number of nitrogens with zero attached hydrogens (tertiary/aromatic N) is 1. The molecule has 0 spiro atoms. The van der Waals surface area contributed by atoms with E-state index >= 15 is 0 Å². The lowest BCUT2D eigenvalue weighted by atomic mass is 10.1. The fraction of sp³-hybridized carbons (Fsp3) is 0.462. The molecule has 1 amide bonds. The Balaban J connectivity index is 2.22. The Labute approximate surface area is 106 Å². The summed E-state index contributed by atoms with van der Waals surface area (Å²) >= 11 is 0. The fourth-order valence-electron chi connectivity index (χ4n) is 1.87. The fourth-order valence-corrected chi connectivity index (χ4v) is 1.87. The first kappa shape index (κ1) is 12.7. The van der Waals surface area contributed by atoms with E-state index in [0.29, 0.717) is 30.4 Å². The minimum absolute atomic E-state index is 0.0631. The van der Waals surface area contributed by atoms with Crippen molar-refractivity contribution in [3.63, 3.8) is 0 Å². The molecule has 1 aliphatic rings. The van der Waals surface area contributed by atoms with Crippen molar-refractivity contribution in [2.24, 2.45) is 0 Å². The van der Waals surface area contributed by atoms with Crippen LogP contribution in [0.3, 0.4) is 0 Å². The van der Waals surface area contributed by atoms with Gasteiger partial charge in [-0.15, -0.1) is 0 Å². The van der Waals surface area contributed by atoms with Gasteiger partial charge in [0.25, 0.3) is 5.91 Å². The average Bonchev–Trinajstić information content (AvgIpc) is 2.46. The largest absolute Gasteiger partial charge is 0.497 e. The van der Waals surface area contributed by atoms with E-state index in [1.165, 1.54) is 0 Å². The number of rotatable bonds is 3. The summed E-state index contributed by atoms with van der Waals surface area (Å²) < 4.78 is 15.6. The molecule has 1 saturated heterocycles. The molecule has 1 heterocycles. The maximum absolute atomic E-state index is 12.3. The Hall–Kier alpha value is -1.75. The average molecular weight is 251 g/mol. The maximum Gasteiger partial charge on any atom is 0.255 e. The van der Waals surface area contributed by atoms with Crippen molar-refractivity contribution >= 4 is 5.91 Å².